The summed E-state index contributed by atoms with van der Waals surface area (Å²) in [6, 6.07) is 16.8. The van der Waals surface area contributed by atoms with Gasteiger partial charge in [0.25, 0.3) is 5.56 Å². The quantitative estimate of drug-likeness (QED) is 0.400. The van der Waals surface area contributed by atoms with Crippen LogP contribution in [0.3, 0.4) is 0 Å². The maximum absolute atomic E-state index is 13.2. The molecule has 1 aliphatic heterocycles. The zero-order chi connectivity index (χ0) is 27.8. The number of hydrogen-bond acceptors (Lipinski definition) is 6. The summed E-state index contributed by atoms with van der Waals surface area (Å²) in [6.45, 7) is 6.68. The van der Waals surface area contributed by atoms with E-state index in [9.17, 15) is 19.1 Å². The van der Waals surface area contributed by atoms with Crippen molar-refractivity contribution in [3.63, 3.8) is 0 Å². The van der Waals surface area contributed by atoms with Gasteiger partial charge in [0.15, 0.2) is 0 Å². The topological polar surface area (TPSA) is 84.2 Å². The average molecular weight is 538 g/mol. The predicted molar refractivity (Wildman–Crippen MR) is 146 cm³/mol. The molecule has 39 heavy (non-hydrogen) atoms. The number of ether oxygens (including phenoxy) is 2. The summed E-state index contributed by atoms with van der Waals surface area (Å²) in [7, 11) is 0. The van der Waals surface area contributed by atoms with Crippen molar-refractivity contribution in [3.8, 4) is 11.5 Å². The van der Waals surface area contributed by atoms with Gasteiger partial charge in [0.2, 0.25) is 5.91 Å². The summed E-state index contributed by atoms with van der Waals surface area (Å²) < 4.78 is 26.6. The Kier molecular flexibility index (Phi) is 9.37. The summed E-state index contributed by atoms with van der Waals surface area (Å²) in [6.07, 6.45) is 2.57. The molecular formula is C30H36FN3O5. The van der Waals surface area contributed by atoms with Crippen molar-refractivity contribution in [1.82, 2.24) is 14.4 Å². The third kappa shape index (κ3) is 8.40. The fraction of sp³-hybridized carbons (Fsp3) is 0.400. The van der Waals surface area contributed by atoms with Crippen LogP contribution in [0.2, 0.25) is 0 Å². The Morgan fingerprint density at radius 1 is 0.974 bits per heavy atom. The normalized spacial score (nSPS) is 18.0. The fourth-order valence-corrected chi connectivity index (χ4v) is 4.69. The minimum Gasteiger partial charge on any atom is -0.494 e. The first-order valence-electron chi connectivity index (χ1n) is 13.2. The van der Waals surface area contributed by atoms with Crippen molar-refractivity contribution in [3.05, 3.63) is 94.2 Å². The molecule has 4 rings (SSSR count). The summed E-state index contributed by atoms with van der Waals surface area (Å²) in [5, 5.41) is 11.4. The van der Waals surface area contributed by atoms with Gasteiger partial charge in [0.1, 0.15) is 29.5 Å². The number of aromatic nitrogens is 1. The Morgan fingerprint density at radius 3 is 2.38 bits per heavy atom. The predicted octanol–water partition coefficient (Wildman–Crippen LogP) is 3.24. The highest BCUT2D eigenvalue weighted by Crippen LogP contribution is 2.21. The number of benzene rings is 2. The fourth-order valence-electron chi connectivity index (χ4n) is 4.69. The second kappa shape index (κ2) is 12.9. The maximum atomic E-state index is 13.2. The van der Waals surface area contributed by atoms with Crippen LogP contribution >= 0.6 is 0 Å². The number of halogens is 1. The van der Waals surface area contributed by atoms with Crippen molar-refractivity contribution in [2.24, 2.45) is 0 Å². The molecule has 0 spiro atoms. The Hall–Kier alpha value is -3.69. The van der Waals surface area contributed by atoms with E-state index >= 15 is 0 Å². The number of rotatable bonds is 10. The van der Waals surface area contributed by atoms with Crippen LogP contribution in [0.5, 0.6) is 11.5 Å². The molecule has 3 aromatic rings. The van der Waals surface area contributed by atoms with Gasteiger partial charge in [-0.3, -0.25) is 14.5 Å². The van der Waals surface area contributed by atoms with Gasteiger partial charge in [0, 0.05) is 51.9 Å². The van der Waals surface area contributed by atoms with E-state index in [1.54, 1.807) is 15.5 Å². The minimum atomic E-state index is -1.29. The smallest absolute Gasteiger partial charge is 0.250 e. The van der Waals surface area contributed by atoms with Gasteiger partial charge in [-0.05, 0) is 60.9 Å². The zero-order valence-corrected chi connectivity index (χ0v) is 22.5. The third-order valence-corrected chi connectivity index (χ3v) is 6.73. The number of β-amino-alcohol motifs (C(OH)–C–C–N with tert-alkyl or cyclic N) is 1. The van der Waals surface area contributed by atoms with Crippen LogP contribution in [0.4, 0.5) is 4.39 Å². The third-order valence-electron chi connectivity index (χ3n) is 6.73. The highest BCUT2D eigenvalue weighted by molar-refractivity contribution is 5.73. The molecule has 1 saturated heterocycles. The number of aryl methyl sites for hydroxylation is 2. The first kappa shape index (κ1) is 28.3. The van der Waals surface area contributed by atoms with Gasteiger partial charge in [0.05, 0.1) is 13.2 Å². The van der Waals surface area contributed by atoms with E-state index in [0.717, 1.165) is 16.9 Å². The van der Waals surface area contributed by atoms with Gasteiger partial charge in [-0.15, -0.1) is 0 Å². The molecule has 2 heterocycles. The van der Waals surface area contributed by atoms with Crippen LogP contribution in [-0.4, -0.2) is 70.4 Å². The molecule has 1 aliphatic rings. The van der Waals surface area contributed by atoms with E-state index in [-0.39, 0.29) is 30.4 Å². The van der Waals surface area contributed by atoms with E-state index < -0.39 is 5.60 Å². The monoisotopic (exact) mass is 537 g/mol. The molecule has 1 N–H and O–H groups in total. The van der Waals surface area contributed by atoms with Crippen molar-refractivity contribution >= 4 is 5.91 Å². The van der Waals surface area contributed by atoms with Crippen LogP contribution in [0.15, 0.2) is 71.7 Å². The lowest BCUT2D eigenvalue weighted by Gasteiger charge is -2.32. The molecule has 1 atom stereocenters. The summed E-state index contributed by atoms with van der Waals surface area (Å²) in [5.41, 5.74) is 0.785. The lowest BCUT2D eigenvalue weighted by atomic mass is 10.0. The second-order valence-corrected chi connectivity index (χ2v) is 10.2. The van der Waals surface area contributed by atoms with Gasteiger partial charge < -0.3 is 24.0 Å². The molecule has 0 unspecified atom stereocenters. The van der Waals surface area contributed by atoms with E-state index in [1.807, 2.05) is 43.5 Å². The van der Waals surface area contributed by atoms with Gasteiger partial charge in [-0.1, -0.05) is 18.2 Å². The molecule has 9 heteroatoms. The molecule has 208 valence electrons. The summed E-state index contributed by atoms with van der Waals surface area (Å²) >= 11 is 0. The molecule has 0 radical (unpaired) electrons. The molecule has 0 bridgehead atoms. The van der Waals surface area contributed by atoms with Gasteiger partial charge in [-0.25, -0.2) is 4.39 Å². The number of hydrogen-bond donors (Lipinski definition) is 1. The van der Waals surface area contributed by atoms with Crippen molar-refractivity contribution in [2.75, 3.05) is 39.4 Å². The zero-order valence-electron chi connectivity index (χ0n) is 22.5. The molecule has 1 aromatic heterocycles. The first-order chi connectivity index (χ1) is 18.7. The number of nitrogens with zero attached hydrogens (tertiary/aromatic N) is 3. The Morgan fingerprint density at radius 2 is 1.67 bits per heavy atom. The largest absolute Gasteiger partial charge is 0.494 e. The number of pyridine rings is 1. The molecule has 8 nitrogen and oxygen atoms in total. The lowest BCUT2D eigenvalue weighted by molar-refractivity contribution is -0.132. The van der Waals surface area contributed by atoms with Crippen LogP contribution < -0.4 is 15.0 Å². The number of carbonyl (C=O) groups excluding carboxylic acids is 1. The standard InChI is InChI=1S/C30H36FN3O5/c1-23-4-13-29(36)33(18-23)14-3-17-38-27-9-5-25(6-10-27)19-32-15-16-34(24(2)35)21-30(37,20-32)22-39-28-11-7-26(31)8-12-28/h4-13,18,37H,3,14-17,19-22H2,1-2H3/t30-/m0/s1. The molecular weight excluding hydrogens is 501 g/mol. The van der Waals surface area contributed by atoms with Crippen molar-refractivity contribution in [2.45, 2.75) is 39.0 Å². The lowest BCUT2D eigenvalue weighted by Crippen LogP contribution is -2.51. The van der Waals surface area contributed by atoms with E-state index in [4.69, 9.17) is 9.47 Å². The summed E-state index contributed by atoms with van der Waals surface area (Å²) in [5.74, 6) is 0.737. The van der Waals surface area contributed by atoms with Crippen LogP contribution in [0.25, 0.3) is 0 Å². The molecule has 0 saturated carbocycles. The van der Waals surface area contributed by atoms with Crippen molar-refractivity contribution < 1.29 is 23.8 Å². The van der Waals surface area contributed by atoms with E-state index in [1.165, 1.54) is 31.2 Å². The Labute approximate surface area is 228 Å². The minimum absolute atomic E-state index is 0.0150. The highest BCUT2D eigenvalue weighted by atomic mass is 19.1. The molecule has 1 amide bonds. The number of aliphatic hydroxyl groups is 1. The summed E-state index contributed by atoms with van der Waals surface area (Å²) in [4.78, 5) is 27.8. The van der Waals surface area contributed by atoms with E-state index in [2.05, 4.69) is 4.90 Å². The molecule has 0 aliphatic carbocycles. The highest BCUT2D eigenvalue weighted by Gasteiger charge is 2.36. The van der Waals surface area contributed by atoms with Crippen molar-refractivity contribution in [1.29, 1.82) is 0 Å². The SMILES string of the molecule is CC(=O)N1CCN(Cc2ccc(OCCCn3cc(C)ccc3=O)cc2)C[C@@](O)(COc2ccc(F)cc2)C1. The molecule has 1 fully saturated rings. The first-order valence-corrected chi connectivity index (χ1v) is 13.2. The van der Waals surface area contributed by atoms with E-state index in [0.29, 0.717) is 51.5 Å². The number of carbonyl (C=O) groups is 1. The van der Waals surface area contributed by atoms with Gasteiger partial charge >= 0.3 is 0 Å². The van der Waals surface area contributed by atoms with Gasteiger partial charge in [-0.2, -0.15) is 0 Å². The molecule has 2 aromatic carbocycles. The van der Waals surface area contributed by atoms with Crippen LogP contribution in [0, 0.1) is 12.7 Å². The average Bonchev–Trinajstić information content (AvgIpc) is 3.08. The maximum Gasteiger partial charge on any atom is 0.250 e. The van der Waals surface area contributed by atoms with Crippen LogP contribution in [-0.2, 0) is 17.9 Å². The number of amides is 1. The Bertz CT molecular complexity index is 1300. The second-order valence-electron chi connectivity index (χ2n) is 10.2. The Balaban J connectivity index is 1.31. The van der Waals surface area contributed by atoms with Crippen LogP contribution in [0.1, 0.15) is 24.5 Å².